The zero-order valence-electron chi connectivity index (χ0n) is 12.7. The Morgan fingerprint density at radius 3 is 2.55 bits per heavy atom. The number of hydrogen-bond acceptors (Lipinski definition) is 4. The van der Waals surface area contributed by atoms with Crippen molar-refractivity contribution in [1.82, 2.24) is 5.32 Å². The summed E-state index contributed by atoms with van der Waals surface area (Å²) in [5, 5.41) is 2.93. The molecule has 0 spiro atoms. The van der Waals surface area contributed by atoms with Crippen molar-refractivity contribution in [3.8, 4) is 0 Å². The molecule has 1 N–H and O–H groups in total. The lowest BCUT2D eigenvalue weighted by Gasteiger charge is -2.29. The first kappa shape index (κ1) is 16.2. The fraction of sp³-hybridized carbons (Fsp3) is 0.471. The second-order valence-corrected chi connectivity index (χ2v) is 5.75. The first-order chi connectivity index (χ1) is 10.6. The quantitative estimate of drug-likeness (QED) is 0.669. The van der Waals surface area contributed by atoms with E-state index in [9.17, 15) is 14.4 Å². The summed E-state index contributed by atoms with van der Waals surface area (Å²) in [6.45, 7) is 1.85. The number of carbonyl (C=O) groups excluding carboxylic acids is 3. The first-order valence-corrected chi connectivity index (χ1v) is 7.62. The van der Waals surface area contributed by atoms with Crippen LogP contribution >= 0.6 is 0 Å². The van der Waals surface area contributed by atoms with Crippen LogP contribution in [0.1, 0.15) is 53.3 Å². The molecule has 0 saturated heterocycles. The van der Waals surface area contributed by atoms with Crippen molar-refractivity contribution in [2.45, 2.75) is 38.6 Å². The van der Waals surface area contributed by atoms with Crippen molar-refractivity contribution in [2.75, 3.05) is 6.61 Å². The number of amides is 1. The van der Waals surface area contributed by atoms with E-state index in [1.165, 1.54) is 30.7 Å². The number of ether oxygens (including phenoxy) is 1. The van der Waals surface area contributed by atoms with Gasteiger partial charge in [0.15, 0.2) is 6.61 Å². The third kappa shape index (κ3) is 4.41. The Labute approximate surface area is 130 Å². The van der Waals surface area contributed by atoms with E-state index in [0.29, 0.717) is 23.3 Å². The van der Waals surface area contributed by atoms with E-state index in [0.717, 1.165) is 19.3 Å². The van der Waals surface area contributed by atoms with E-state index in [1.54, 1.807) is 0 Å². The van der Waals surface area contributed by atoms with E-state index < -0.39 is 5.97 Å². The maximum Gasteiger partial charge on any atom is 0.338 e. The summed E-state index contributed by atoms with van der Waals surface area (Å²) in [5.41, 5.74) is 0.810. The molecular weight excluding hydrogens is 282 g/mol. The summed E-state index contributed by atoms with van der Waals surface area (Å²) in [6.07, 6.45) is 5.13. The van der Waals surface area contributed by atoms with E-state index in [1.807, 2.05) is 0 Å². The number of esters is 1. The SMILES string of the molecule is C[C@@H]1CCCC[C@H]1NC(=O)COC(=O)c1ccc(C=O)cc1. The lowest BCUT2D eigenvalue weighted by atomic mass is 9.86. The van der Waals surface area contributed by atoms with Gasteiger partial charge in [0.1, 0.15) is 6.29 Å². The molecule has 1 aromatic rings. The Bertz CT molecular complexity index is 538. The summed E-state index contributed by atoms with van der Waals surface area (Å²) in [4.78, 5) is 34.2. The maximum atomic E-state index is 11.9. The molecule has 0 heterocycles. The van der Waals surface area contributed by atoms with Crippen molar-refractivity contribution >= 4 is 18.2 Å². The van der Waals surface area contributed by atoms with Crippen LogP contribution in [-0.4, -0.2) is 30.8 Å². The minimum absolute atomic E-state index is 0.173. The zero-order valence-corrected chi connectivity index (χ0v) is 12.7. The van der Waals surface area contributed by atoms with Crippen LogP contribution < -0.4 is 5.32 Å². The Morgan fingerprint density at radius 1 is 1.23 bits per heavy atom. The second kappa shape index (κ2) is 7.73. The molecule has 1 aliphatic carbocycles. The Hall–Kier alpha value is -2.17. The van der Waals surface area contributed by atoms with Crippen molar-refractivity contribution < 1.29 is 19.1 Å². The minimum Gasteiger partial charge on any atom is -0.452 e. The third-order valence-electron chi connectivity index (χ3n) is 4.07. The summed E-state index contributed by atoms with van der Waals surface area (Å²) < 4.78 is 5.00. The first-order valence-electron chi connectivity index (χ1n) is 7.62. The summed E-state index contributed by atoms with van der Waals surface area (Å²) in [5.74, 6) is -0.370. The smallest absolute Gasteiger partial charge is 0.338 e. The Balaban J connectivity index is 1.79. The van der Waals surface area contributed by atoms with Crippen LogP contribution in [0.4, 0.5) is 0 Å². The molecule has 0 radical (unpaired) electrons. The van der Waals surface area contributed by atoms with Crippen LogP contribution in [0.5, 0.6) is 0 Å². The number of benzene rings is 1. The van der Waals surface area contributed by atoms with Gasteiger partial charge in [0.05, 0.1) is 5.56 Å². The lowest BCUT2D eigenvalue weighted by molar-refractivity contribution is -0.125. The molecule has 1 amide bonds. The van der Waals surface area contributed by atoms with Gasteiger partial charge in [0, 0.05) is 11.6 Å². The molecule has 0 bridgehead atoms. The Morgan fingerprint density at radius 2 is 1.91 bits per heavy atom. The highest BCUT2D eigenvalue weighted by Crippen LogP contribution is 2.23. The molecule has 118 valence electrons. The monoisotopic (exact) mass is 303 g/mol. The van der Waals surface area contributed by atoms with Crippen LogP contribution in [0.2, 0.25) is 0 Å². The van der Waals surface area contributed by atoms with Gasteiger partial charge in [-0.2, -0.15) is 0 Å². The minimum atomic E-state index is -0.565. The van der Waals surface area contributed by atoms with Gasteiger partial charge in [-0.25, -0.2) is 4.79 Å². The van der Waals surface area contributed by atoms with Gasteiger partial charge in [0.2, 0.25) is 0 Å². The topological polar surface area (TPSA) is 72.5 Å². The van der Waals surface area contributed by atoms with Crippen LogP contribution in [-0.2, 0) is 9.53 Å². The highest BCUT2D eigenvalue weighted by molar-refractivity contribution is 5.92. The second-order valence-electron chi connectivity index (χ2n) is 5.75. The third-order valence-corrected chi connectivity index (χ3v) is 4.07. The number of carbonyl (C=O) groups is 3. The van der Waals surface area contributed by atoms with Crippen LogP contribution in [0.3, 0.4) is 0 Å². The normalized spacial score (nSPS) is 21.0. The van der Waals surface area contributed by atoms with E-state index in [-0.39, 0.29) is 18.6 Å². The summed E-state index contributed by atoms with van der Waals surface area (Å²) >= 11 is 0. The van der Waals surface area contributed by atoms with Gasteiger partial charge in [-0.15, -0.1) is 0 Å². The van der Waals surface area contributed by atoms with Gasteiger partial charge in [-0.05, 0) is 30.9 Å². The molecule has 1 fully saturated rings. The number of aldehydes is 1. The molecule has 0 aliphatic heterocycles. The van der Waals surface area contributed by atoms with Gasteiger partial charge >= 0.3 is 5.97 Å². The summed E-state index contributed by atoms with van der Waals surface area (Å²) in [6, 6.07) is 6.26. The van der Waals surface area contributed by atoms with Crippen LogP contribution in [0.25, 0.3) is 0 Å². The maximum absolute atomic E-state index is 11.9. The molecule has 2 rings (SSSR count). The molecule has 1 aliphatic rings. The molecule has 0 unspecified atom stereocenters. The predicted octanol–water partition coefficient (Wildman–Crippen LogP) is 2.35. The molecular formula is C17H21NO4. The number of hydrogen-bond donors (Lipinski definition) is 1. The van der Waals surface area contributed by atoms with Gasteiger partial charge in [-0.3, -0.25) is 9.59 Å². The Kier molecular flexibility index (Phi) is 5.69. The molecule has 5 nitrogen and oxygen atoms in total. The largest absolute Gasteiger partial charge is 0.452 e. The highest BCUT2D eigenvalue weighted by Gasteiger charge is 2.23. The van der Waals surface area contributed by atoms with Crippen molar-refractivity contribution in [3.63, 3.8) is 0 Å². The fourth-order valence-electron chi connectivity index (χ4n) is 2.69. The molecule has 2 atom stereocenters. The van der Waals surface area contributed by atoms with E-state index in [2.05, 4.69) is 12.2 Å². The number of nitrogens with one attached hydrogen (secondary N) is 1. The van der Waals surface area contributed by atoms with Gasteiger partial charge in [0.25, 0.3) is 5.91 Å². The van der Waals surface area contributed by atoms with Crippen molar-refractivity contribution in [1.29, 1.82) is 0 Å². The van der Waals surface area contributed by atoms with Gasteiger partial charge in [-0.1, -0.05) is 31.9 Å². The van der Waals surface area contributed by atoms with E-state index >= 15 is 0 Å². The average molecular weight is 303 g/mol. The molecule has 1 aromatic carbocycles. The standard InChI is InChI=1S/C17H21NO4/c1-12-4-2-3-5-15(12)18-16(20)11-22-17(21)14-8-6-13(10-19)7-9-14/h6-10,12,15H,2-5,11H2,1H3,(H,18,20)/t12-,15-/m1/s1. The van der Waals surface area contributed by atoms with E-state index in [4.69, 9.17) is 4.74 Å². The molecule has 0 aromatic heterocycles. The number of rotatable bonds is 5. The highest BCUT2D eigenvalue weighted by atomic mass is 16.5. The fourth-order valence-corrected chi connectivity index (χ4v) is 2.69. The van der Waals surface area contributed by atoms with Crippen LogP contribution in [0.15, 0.2) is 24.3 Å². The molecule has 5 heteroatoms. The zero-order chi connectivity index (χ0) is 15.9. The summed E-state index contributed by atoms with van der Waals surface area (Å²) in [7, 11) is 0. The predicted molar refractivity (Wildman–Crippen MR) is 81.7 cm³/mol. The van der Waals surface area contributed by atoms with Crippen LogP contribution in [0, 0.1) is 5.92 Å². The van der Waals surface area contributed by atoms with Crippen molar-refractivity contribution in [2.24, 2.45) is 5.92 Å². The molecule has 22 heavy (non-hydrogen) atoms. The molecule has 1 saturated carbocycles. The van der Waals surface area contributed by atoms with Gasteiger partial charge < -0.3 is 10.1 Å². The lowest BCUT2D eigenvalue weighted by Crippen LogP contribution is -2.42. The average Bonchev–Trinajstić information content (AvgIpc) is 2.55. The van der Waals surface area contributed by atoms with Crippen molar-refractivity contribution in [3.05, 3.63) is 35.4 Å².